The number of carbonyl (C=O) groups excluding carboxylic acids is 1. The van der Waals surface area contributed by atoms with Crippen LogP contribution in [-0.2, 0) is 4.79 Å². The zero-order valence-corrected chi connectivity index (χ0v) is 8.83. The van der Waals surface area contributed by atoms with Crippen molar-refractivity contribution in [2.45, 2.75) is 13.8 Å². The fourth-order valence-electron chi connectivity index (χ4n) is 0.932. The first-order valence-electron chi connectivity index (χ1n) is 3.74. The van der Waals surface area contributed by atoms with E-state index < -0.39 is 0 Å². The van der Waals surface area contributed by atoms with E-state index in [-0.39, 0.29) is 5.91 Å². The zero-order chi connectivity index (χ0) is 10.0. The first kappa shape index (κ1) is 10.4. The molecule has 0 aliphatic rings. The average Bonchev–Trinajstić information content (AvgIpc) is 2.06. The molecule has 4 heteroatoms. The quantitative estimate of drug-likeness (QED) is 0.769. The van der Waals surface area contributed by atoms with Gasteiger partial charge in [-0.3, -0.25) is 4.79 Å². The van der Waals surface area contributed by atoms with Gasteiger partial charge in [-0.05, 0) is 18.6 Å². The van der Waals surface area contributed by atoms with Crippen LogP contribution >= 0.6 is 23.2 Å². The number of carbonyl (C=O) groups is 1. The number of aryl methyl sites for hydroxylation is 1. The van der Waals surface area contributed by atoms with Gasteiger partial charge in [0.25, 0.3) is 0 Å². The molecule has 0 aliphatic carbocycles. The molecule has 1 aromatic rings. The molecule has 0 fully saturated rings. The summed E-state index contributed by atoms with van der Waals surface area (Å²) in [7, 11) is 0. The molecule has 0 atom stereocenters. The Morgan fingerprint density at radius 1 is 1.31 bits per heavy atom. The number of nitrogens with one attached hydrogen (secondary N) is 1. The van der Waals surface area contributed by atoms with Crippen LogP contribution in [-0.4, -0.2) is 5.91 Å². The van der Waals surface area contributed by atoms with Gasteiger partial charge in [0.2, 0.25) is 5.91 Å². The van der Waals surface area contributed by atoms with E-state index in [4.69, 9.17) is 23.2 Å². The molecule has 70 valence electrons. The predicted molar refractivity (Wildman–Crippen MR) is 55.5 cm³/mol. The predicted octanol–water partition coefficient (Wildman–Crippen LogP) is 3.26. The van der Waals surface area contributed by atoms with Gasteiger partial charge in [-0.2, -0.15) is 0 Å². The number of hydrogen-bond acceptors (Lipinski definition) is 1. The lowest BCUT2D eigenvalue weighted by Gasteiger charge is -2.07. The van der Waals surface area contributed by atoms with Crippen LogP contribution in [0, 0.1) is 6.92 Å². The molecule has 1 aromatic carbocycles. The van der Waals surface area contributed by atoms with Gasteiger partial charge in [0.15, 0.2) is 0 Å². The smallest absolute Gasteiger partial charge is 0.221 e. The van der Waals surface area contributed by atoms with Crippen molar-refractivity contribution in [3.8, 4) is 0 Å². The lowest BCUT2D eigenvalue weighted by Crippen LogP contribution is -2.06. The molecule has 13 heavy (non-hydrogen) atoms. The van der Waals surface area contributed by atoms with Crippen molar-refractivity contribution in [1.82, 2.24) is 0 Å². The van der Waals surface area contributed by atoms with Gasteiger partial charge in [-0.1, -0.05) is 29.3 Å². The maximum atomic E-state index is 10.7. The van der Waals surface area contributed by atoms with Gasteiger partial charge >= 0.3 is 0 Å². The minimum atomic E-state index is -0.165. The number of halogens is 2. The summed E-state index contributed by atoms with van der Waals surface area (Å²) in [5, 5.41) is 3.45. The second kappa shape index (κ2) is 3.99. The molecule has 0 unspecified atom stereocenters. The molecule has 0 aromatic heterocycles. The van der Waals surface area contributed by atoms with E-state index in [1.807, 2.05) is 6.92 Å². The van der Waals surface area contributed by atoms with Crippen molar-refractivity contribution in [3.63, 3.8) is 0 Å². The fourth-order valence-corrected chi connectivity index (χ4v) is 1.36. The van der Waals surface area contributed by atoms with E-state index in [0.29, 0.717) is 15.7 Å². The monoisotopic (exact) mass is 217 g/mol. The van der Waals surface area contributed by atoms with E-state index in [1.165, 1.54) is 6.92 Å². The minimum absolute atomic E-state index is 0.165. The maximum absolute atomic E-state index is 10.7. The van der Waals surface area contributed by atoms with Crippen LogP contribution < -0.4 is 5.32 Å². The van der Waals surface area contributed by atoms with E-state index >= 15 is 0 Å². The molecule has 0 aliphatic heterocycles. The summed E-state index contributed by atoms with van der Waals surface area (Å²) in [6.45, 7) is 3.27. The van der Waals surface area contributed by atoms with Gasteiger partial charge in [-0.25, -0.2) is 0 Å². The standard InChI is InChI=1S/C9H9Cl2NO/c1-5-3-4-7(12-6(2)13)9(11)8(5)10/h3-4H,1-2H3,(H,12,13). The third kappa shape index (κ3) is 2.36. The topological polar surface area (TPSA) is 29.1 Å². The second-order valence-corrected chi connectivity index (χ2v) is 3.50. The van der Waals surface area contributed by atoms with Crippen molar-refractivity contribution < 1.29 is 4.79 Å². The largest absolute Gasteiger partial charge is 0.325 e. The summed E-state index contributed by atoms with van der Waals surface area (Å²) < 4.78 is 0. The average molecular weight is 218 g/mol. The van der Waals surface area contributed by atoms with E-state index in [9.17, 15) is 4.79 Å². The van der Waals surface area contributed by atoms with Crippen molar-refractivity contribution in [1.29, 1.82) is 0 Å². The van der Waals surface area contributed by atoms with Crippen LogP contribution in [0.1, 0.15) is 12.5 Å². The zero-order valence-electron chi connectivity index (χ0n) is 7.32. The number of amides is 1. The molecular weight excluding hydrogens is 209 g/mol. The number of rotatable bonds is 1. The second-order valence-electron chi connectivity index (χ2n) is 2.74. The van der Waals surface area contributed by atoms with Gasteiger partial charge < -0.3 is 5.32 Å². The van der Waals surface area contributed by atoms with Crippen LogP contribution in [0.2, 0.25) is 10.0 Å². The molecule has 0 spiro atoms. The summed E-state index contributed by atoms with van der Waals surface area (Å²) >= 11 is 11.8. The number of benzene rings is 1. The van der Waals surface area contributed by atoms with Crippen molar-refractivity contribution >= 4 is 34.8 Å². The van der Waals surface area contributed by atoms with E-state index in [0.717, 1.165) is 5.56 Å². The summed E-state index contributed by atoms with van der Waals surface area (Å²) in [5.74, 6) is -0.165. The van der Waals surface area contributed by atoms with Crippen molar-refractivity contribution in [3.05, 3.63) is 27.7 Å². The van der Waals surface area contributed by atoms with E-state index in [1.54, 1.807) is 12.1 Å². The Morgan fingerprint density at radius 2 is 1.92 bits per heavy atom. The molecule has 1 amide bonds. The Hall–Kier alpha value is -0.730. The Labute approximate surface area is 86.8 Å². The highest BCUT2D eigenvalue weighted by Gasteiger charge is 2.07. The van der Waals surface area contributed by atoms with Gasteiger partial charge in [0, 0.05) is 6.92 Å². The van der Waals surface area contributed by atoms with Crippen LogP contribution in [0.5, 0.6) is 0 Å². The maximum Gasteiger partial charge on any atom is 0.221 e. The number of hydrogen-bond donors (Lipinski definition) is 1. The lowest BCUT2D eigenvalue weighted by molar-refractivity contribution is -0.114. The van der Waals surface area contributed by atoms with Crippen LogP contribution in [0.15, 0.2) is 12.1 Å². The minimum Gasteiger partial charge on any atom is -0.325 e. The summed E-state index contributed by atoms with van der Waals surface area (Å²) in [6, 6.07) is 3.53. The van der Waals surface area contributed by atoms with Crippen LogP contribution in [0.4, 0.5) is 5.69 Å². The summed E-state index contributed by atoms with van der Waals surface area (Å²) in [5.41, 5.74) is 1.44. The third-order valence-corrected chi connectivity index (χ3v) is 2.56. The fraction of sp³-hybridized carbons (Fsp3) is 0.222. The van der Waals surface area contributed by atoms with Crippen molar-refractivity contribution in [2.75, 3.05) is 5.32 Å². The summed E-state index contributed by atoms with van der Waals surface area (Å²) in [4.78, 5) is 10.7. The highest BCUT2D eigenvalue weighted by Crippen LogP contribution is 2.32. The van der Waals surface area contributed by atoms with Gasteiger partial charge in [0.05, 0.1) is 15.7 Å². The normalized spacial score (nSPS) is 9.85. The van der Waals surface area contributed by atoms with Gasteiger partial charge in [0.1, 0.15) is 0 Å². The molecule has 0 saturated heterocycles. The molecule has 0 radical (unpaired) electrons. The van der Waals surface area contributed by atoms with Crippen molar-refractivity contribution in [2.24, 2.45) is 0 Å². The Kier molecular flexibility index (Phi) is 3.17. The molecule has 1 N–H and O–H groups in total. The first-order valence-corrected chi connectivity index (χ1v) is 4.50. The molecule has 0 saturated carbocycles. The van der Waals surface area contributed by atoms with E-state index in [2.05, 4.69) is 5.32 Å². The Balaban J connectivity index is 3.10. The highest BCUT2D eigenvalue weighted by molar-refractivity contribution is 6.44. The molecule has 0 bridgehead atoms. The Bertz CT molecular complexity index is 350. The number of anilines is 1. The lowest BCUT2D eigenvalue weighted by atomic mass is 10.2. The molecule has 1 rings (SSSR count). The molecular formula is C9H9Cl2NO. The van der Waals surface area contributed by atoms with Crippen LogP contribution in [0.25, 0.3) is 0 Å². The first-order chi connectivity index (χ1) is 6.02. The Morgan fingerprint density at radius 3 is 2.46 bits per heavy atom. The molecule has 2 nitrogen and oxygen atoms in total. The van der Waals surface area contributed by atoms with Crippen LogP contribution in [0.3, 0.4) is 0 Å². The SMILES string of the molecule is CC(=O)Nc1ccc(C)c(Cl)c1Cl. The van der Waals surface area contributed by atoms with Gasteiger partial charge in [-0.15, -0.1) is 0 Å². The third-order valence-electron chi connectivity index (χ3n) is 1.59. The summed E-state index contributed by atoms with van der Waals surface area (Å²) in [6.07, 6.45) is 0. The molecule has 0 heterocycles. The highest BCUT2D eigenvalue weighted by atomic mass is 35.5.